The van der Waals surface area contributed by atoms with Gasteiger partial charge in [-0.2, -0.15) is 0 Å². The van der Waals surface area contributed by atoms with Crippen LogP contribution in [-0.4, -0.2) is 137 Å². The highest BCUT2D eigenvalue weighted by atomic mass is 79.9. The van der Waals surface area contributed by atoms with Crippen molar-refractivity contribution in [2.24, 2.45) is 20.6 Å². The lowest BCUT2D eigenvalue weighted by Crippen LogP contribution is -2.34. The standard InChI is InChI=1S/C44H46Br4N8O12S4/c45-27-17-23(1-5-33(27)57)19-29(53-65)41(61)49-9-13-69-71-15-11-51-43(63)31(55-67)21-25-3-7-35(59)39(47)37(25)38-26(4-8-36(60)40(38)48)22-32(56-68)44(64)52-12-16-72-70-14-10-50-42(62)30(54-66)20-24-2-6-34(58)28(46)18-24/h1-8,17-18,57-60,65-68H,9-16,19-22H2,(H,49,61)(H,50,62)(H,51,63)(H,52,64)/b53-29-,54-30-,55-31-,56-32-. The van der Waals surface area contributed by atoms with E-state index >= 15 is 0 Å². The molecular weight excluding hydrogens is 1280 g/mol. The average Bonchev–Trinajstić information content (AvgIpc) is 3.36. The minimum absolute atomic E-state index is 0.0333. The van der Waals surface area contributed by atoms with Crippen molar-refractivity contribution < 1.29 is 60.4 Å². The molecule has 0 saturated heterocycles. The molecule has 4 rings (SSSR count). The van der Waals surface area contributed by atoms with Crippen LogP contribution in [0.4, 0.5) is 0 Å². The van der Waals surface area contributed by atoms with Crippen LogP contribution in [0.2, 0.25) is 0 Å². The summed E-state index contributed by atoms with van der Waals surface area (Å²) < 4.78 is 1.16. The number of hydrogen-bond donors (Lipinski definition) is 12. The second-order valence-corrected chi connectivity index (χ2v) is 23.3. The molecule has 0 fully saturated rings. The smallest absolute Gasteiger partial charge is 0.269 e. The van der Waals surface area contributed by atoms with Gasteiger partial charge in [0.15, 0.2) is 0 Å². The number of aromatic hydroxyl groups is 4. The van der Waals surface area contributed by atoms with Gasteiger partial charge < -0.3 is 62.5 Å². The molecule has 0 radical (unpaired) electrons. The van der Waals surface area contributed by atoms with Gasteiger partial charge in [0.05, 0.1) is 17.9 Å². The first-order valence-electron chi connectivity index (χ1n) is 20.9. The third kappa shape index (κ3) is 18.3. The first-order valence-corrected chi connectivity index (χ1v) is 29.1. The van der Waals surface area contributed by atoms with Crippen LogP contribution in [0.3, 0.4) is 0 Å². The van der Waals surface area contributed by atoms with Crippen molar-refractivity contribution in [3.8, 4) is 34.1 Å². The predicted molar refractivity (Wildman–Crippen MR) is 296 cm³/mol. The third-order valence-corrected chi connectivity index (χ3v) is 17.4. The van der Waals surface area contributed by atoms with Gasteiger partial charge in [-0.3, -0.25) is 19.2 Å². The first-order chi connectivity index (χ1) is 34.5. The van der Waals surface area contributed by atoms with E-state index in [1.54, 1.807) is 24.3 Å². The Morgan fingerprint density at radius 3 is 0.972 bits per heavy atom. The summed E-state index contributed by atoms with van der Waals surface area (Å²) in [7, 11) is 5.66. The summed E-state index contributed by atoms with van der Waals surface area (Å²) in [6, 6.07) is 15.0. The number of rotatable bonds is 27. The van der Waals surface area contributed by atoms with Gasteiger partial charge in [0.25, 0.3) is 23.6 Å². The SMILES string of the molecule is O=C(NCCSSCCNC(=O)/C(Cc1ccc(O)c(Br)c1-c1c(C/C(=N/O)C(=O)NCCSSCCNC(=O)/C(Cc2ccc(O)c(Br)c2)=N\O)ccc(O)c1Br)=N\O)/C(Cc1ccc(O)c(Br)c1)=N\O. The monoisotopic (exact) mass is 1320 g/mol. The van der Waals surface area contributed by atoms with Gasteiger partial charge in [-0.05, 0) is 122 Å². The van der Waals surface area contributed by atoms with Crippen LogP contribution < -0.4 is 21.3 Å². The molecule has 28 heteroatoms. The highest BCUT2D eigenvalue weighted by Crippen LogP contribution is 2.46. The molecule has 20 nitrogen and oxygen atoms in total. The maximum absolute atomic E-state index is 13.2. The van der Waals surface area contributed by atoms with Crippen molar-refractivity contribution in [3.05, 3.63) is 101 Å². The van der Waals surface area contributed by atoms with Gasteiger partial charge in [0.1, 0.15) is 45.8 Å². The molecule has 0 atom stereocenters. The van der Waals surface area contributed by atoms with Crippen molar-refractivity contribution in [3.63, 3.8) is 0 Å². The third-order valence-electron chi connectivity index (χ3n) is 9.73. The van der Waals surface area contributed by atoms with E-state index in [2.05, 4.69) is 106 Å². The van der Waals surface area contributed by atoms with Crippen molar-refractivity contribution in [2.75, 3.05) is 49.2 Å². The van der Waals surface area contributed by atoms with Crippen molar-refractivity contribution in [1.82, 2.24) is 21.3 Å². The molecule has 72 heavy (non-hydrogen) atoms. The van der Waals surface area contributed by atoms with E-state index in [-0.39, 0.29) is 118 Å². The fourth-order valence-electron chi connectivity index (χ4n) is 6.23. The molecule has 0 aliphatic rings. The van der Waals surface area contributed by atoms with Gasteiger partial charge in [-0.25, -0.2) is 0 Å². The number of halogens is 4. The Bertz CT molecular complexity index is 2540. The van der Waals surface area contributed by atoms with Crippen LogP contribution in [0.1, 0.15) is 22.3 Å². The summed E-state index contributed by atoms with van der Waals surface area (Å²) in [4.78, 5) is 51.6. The second kappa shape index (κ2) is 31.0. The number of oxime groups is 4. The molecule has 386 valence electrons. The predicted octanol–water partition coefficient (Wildman–Crippen LogP) is 7.34. The van der Waals surface area contributed by atoms with Gasteiger partial charge >= 0.3 is 0 Å². The van der Waals surface area contributed by atoms with Crippen molar-refractivity contribution in [1.29, 1.82) is 0 Å². The number of amides is 4. The van der Waals surface area contributed by atoms with E-state index in [0.717, 1.165) is 0 Å². The van der Waals surface area contributed by atoms with Gasteiger partial charge in [0.2, 0.25) is 0 Å². The Morgan fingerprint density at radius 2 is 0.694 bits per heavy atom. The molecule has 4 aromatic carbocycles. The number of carbonyl (C=O) groups excluding carboxylic acids is 4. The Hall–Kier alpha value is -4.84. The molecule has 0 heterocycles. The van der Waals surface area contributed by atoms with E-state index in [0.29, 0.717) is 54.2 Å². The molecule has 0 aromatic heterocycles. The molecule has 0 aliphatic carbocycles. The summed E-state index contributed by atoms with van der Waals surface area (Å²) in [6.45, 7) is 0.865. The van der Waals surface area contributed by atoms with Crippen molar-refractivity contribution >= 4 is 153 Å². The number of nitrogens with zero attached hydrogens (tertiary/aromatic N) is 4. The van der Waals surface area contributed by atoms with E-state index in [9.17, 15) is 60.4 Å². The highest BCUT2D eigenvalue weighted by Gasteiger charge is 2.26. The fourth-order valence-corrected chi connectivity index (χ4v) is 11.9. The van der Waals surface area contributed by atoms with Gasteiger partial charge in [-0.1, -0.05) is 88.1 Å². The van der Waals surface area contributed by atoms with Gasteiger partial charge in [0, 0.05) is 86.0 Å². The average molecular weight is 1330 g/mol. The van der Waals surface area contributed by atoms with E-state index in [1.165, 1.54) is 79.6 Å². The molecule has 0 unspecified atom stereocenters. The van der Waals surface area contributed by atoms with Crippen LogP contribution in [0.15, 0.2) is 99.2 Å². The Balaban J connectivity index is 1.26. The number of phenolic OH excluding ortho intramolecular Hbond substituents is 4. The highest BCUT2D eigenvalue weighted by molar-refractivity contribution is 9.11. The molecule has 4 aromatic rings. The van der Waals surface area contributed by atoms with E-state index < -0.39 is 23.6 Å². The minimum atomic E-state index is -0.689. The lowest BCUT2D eigenvalue weighted by atomic mass is 9.90. The number of phenols is 4. The van der Waals surface area contributed by atoms with Crippen LogP contribution in [0, 0.1) is 0 Å². The van der Waals surface area contributed by atoms with Crippen molar-refractivity contribution in [2.45, 2.75) is 25.7 Å². The lowest BCUT2D eigenvalue weighted by Gasteiger charge is -2.19. The summed E-state index contributed by atoms with van der Waals surface area (Å²) in [5, 5.41) is 103. The minimum Gasteiger partial charge on any atom is -0.507 e. The summed E-state index contributed by atoms with van der Waals surface area (Å²) in [6.07, 6.45) is -0.444. The Morgan fingerprint density at radius 1 is 0.417 bits per heavy atom. The van der Waals surface area contributed by atoms with Crippen LogP contribution in [0.25, 0.3) is 11.1 Å². The number of hydrogen-bond acceptors (Lipinski definition) is 20. The summed E-state index contributed by atoms with van der Waals surface area (Å²) in [5.74, 6) is -1.00. The maximum atomic E-state index is 13.2. The molecule has 0 spiro atoms. The maximum Gasteiger partial charge on any atom is 0.269 e. The topological polar surface area (TPSA) is 328 Å². The molecule has 4 amide bonds. The van der Waals surface area contributed by atoms with Gasteiger partial charge in [-0.15, -0.1) is 0 Å². The second-order valence-electron chi connectivity index (χ2n) is 14.6. The number of carbonyl (C=O) groups is 4. The Kier molecular flexibility index (Phi) is 25.7. The number of nitrogens with one attached hydrogen (secondary N) is 4. The summed E-state index contributed by atoms with van der Waals surface area (Å²) >= 11 is 13.2. The molecule has 0 bridgehead atoms. The molecule has 0 aliphatic heterocycles. The normalized spacial score (nSPS) is 12.1. The van der Waals surface area contributed by atoms with Crippen LogP contribution in [0.5, 0.6) is 23.0 Å². The summed E-state index contributed by atoms with van der Waals surface area (Å²) in [5.41, 5.74) is 1.75. The lowest BCUT2D eigenvalue weighted by molar-refractivity contribution is -0.115. The fraction of sp³-hybridized carbons (Fsp3) is 0.273. The zero-order valence-corrected chi connectivity index (χ0v) is 47.0. The van der Waals surface area contributed by atoms with Crippen LogP contribution in [-0.2, 0) is 44.9 Å². The first kappa shape index (κ1) is 59.7. The zero-order valence-electron chi connectivity index (χ0n) is 37.4. The quantitative estimate of drug-likeness (QED) is 0.00913. The molecular formula is C44H46Br4N8O12S4. The largest absolute Gasteiger partial charge is 0.507 e. The zero-order chi connectivity index (χ0) is 52.7. The van der Waals surface area contributed by atoms with Crippen LogP contribution >= 0.6 is 107 Å². The van der Waals surface area contributed by atoms with E-state index in [4.69, 9.17) is 0 Å². The Labute approximate surface area is 461 Å². The molecule has 12 N–H and O–H groups in total. The van der Waals surface area contributed by atoms with E-state index in [1.807, 2.05) is 0 Å². The number of benzene rings is 4. The molecule has 0 saturated carbocycles.